The number of likely N-dealkylation sites (tertiary alicyclic amines) is 1. The van der Waals surface area contributed by atoms with E-state index in [1.165, 1.54) is 5.69 Å². The Morgan fingerprint density at radius 2 is 2.21 bits per heavy atom. The zero-order valence-electron chi connectivity index (χ0n) is 11.6. The van der Waals surface area contributed by atoms with Crippen molar-refractivity contribution in [2.75, 3.05) is 13.1 Å². The summed E-state index contributed by atoms with van der Waals surface area (Å²) in [5, 5.41) is 13.4. The van der Waals surface area contributed by atoms with E-state index in [0.29, 0.717) is 0 Å². The second-order valence-electron chi connectivity index (χ2n) is 5.27. The van der Waals surface area contributed by atoms with E-state index in [1.807, 2.05) is 11.7 Å². The highest BCUT2D eigenvalue weighted by molar-refractivity contribution is 9.10. The van der Waals surface area contributed by atoms with Crippen molar-refractivity contribution in [2.45, 2.75) is 26.8 Å². The van der Waals surface area contributed by atoms with E-state index in [2.05, 4.69) is 32.9 Å². The Labute approximate surface area is 121 Å². The molecule has 0 aromatic carbocycles. The summed E-state index contributed by atoms with van der Waals surface area (Å²) in [6.45, 7) is 6.41. The average molecular weight is 330 g/mol. The summed E-state index contributed by atoms with van der Waals surface area (Å²) in [7, 11) is 1.95. The van der Waals surface area contributed by atoms with Gasteiger partial charge in [-0.25, -0.2) is 0 Å². The van der Waals surface area contributed by atoms with Crippen LogP contribution in [0.4, 0.5) is 0 Å². The highest BCUT2D eigenvalue weighted by Gasteiger charge is 2.35. The third-order valence-corrected chi connectivity index (χ3v) is 4.87. The highest BCUT2D eigenvalue weighted by Crippen LogP contribution is 2.29. The maximum absolute atomic E-state index is 10.9. The average Bonchev–Trinajstić information content (AvgIpc) is 2.58. The molecule has 5 nitrogen and oxygen atoms in total. The van der Waals surface area contributed by atoms with Crippen molar-refractivity contribution in [2.24, 2.45) is 18.9 Å². The van der Waals surface area contributed by atoms with Gasteiger partial charge in [0.15, 0.2) is 0 Å². The van der Waals surface area contributed by atoms with Crippen LogP contribution in [0.2, 0.25) is 0 Å². The van der Waals surface area contributed by atoms with E-state index in [-0.39, 0.29) is 11.8 Å². The summed E-state index contributed by atoms with van der Waals surface area (Å²) in [4.78, 5) is 13.2. The first-order valence-electron chi connectivity index (χ1n) is 6.59. The summed E-state index contributed by atoms with van der Waals surface area (Å²) in [6, 6.07) is 0. The minimum atomic E-state index is -0.695. The van der Waals surface area contributed by atoms with Gasteiger partial charge in [0.05, 0.1) is 21.8 Å². The molecule has 0 amide bonds. The van der Waals surface area contributed by atoms with Crippen LogP contribution in [-0.4, -0.2) is 38.8 Å². The molecule has 0 bridgehead atoms. The fraction of sp³-hybridized carbons (Fsp3) is 0.692. The maximum Gasteiger partial charge on any atom is 0.306 e. The number of halogens is 1. The normalized spacial score (nSPS) is 18.3. The molecular formula is C13H20BrN3O2. The lowest BCUT2D eigenvalue weighted by atomic mass is 9.87. The molecule has 19 heavy (non-hydrogen) atoms. The maximum atomic E-state index is 10.9. The number of nitrogens with zero attached hydrogens (tertiary/aromatic N) is 3. The molecule has 0 spiro atoms. The molecule has 1 aromatic heterocycles. The fourth-order valence-electron chi connectivity index (χ4n) is 2.46. The van der Waals surface area contributed by atoms with Crippen molar-refractivity contribution >= 4 is 21.9 Å². The fourth-order valence-corrected chi connectivity index (χ4v) is 3.20. The molecule has 1 aliphatic heterocycles. The molecule has 106 valence electrons. The monoisotopic (exact) mass is 329 g/mol. The first kappa shape index (κ1) is 14.5. The first-order chi connectivity index (χ1) is 8.93. The standard InChI is InChI=1S/C13H20BrN3O2/c1-4-10-12(14)11(16(3)15-10)7-17-5-9(6-17)8(2)13(18)19/h8-9H,4-7H2,1-3H3,(H,18,19). The lowest BCUT2D eigenvalue weighted by Gasteiger charge is -2.41. The van der Waals surface area contributed by atoms with Gasteiger partial charge >= 0.3 is 5.97 Å². The third kappa shape index (κ3) is 2.84. The van der Waals surface area contributed by atoms with Crippen molar-refractivity contribution in [3.63, 3.8) is 0 Å². The van der Waals surface area contributed by atoms with Crippen molar-refractivity contribution in [1.29, 1.82) is 0 Å². The lowest BCUT2D eigenvalue weighted by molar-refractivity contribution is -0.145. The Hall–Kier alpha value is -0.880. The van der Waals surface area contributed by atoms with E-state index in [4.69, 9.17) is 5.11 Å². The number of aryl methyl sites for hydroxylation is 2. The van der Waals surface area contributed by atoms with E-state index in [1.54, 1.807) is 6.92 Å². The molecule has 2 rings (SSSR count). The number of aliphatic carboxylic acids is 1. The van der Waals surface area contributed by atoms with Crippen LogP contribution in [0.25, 0.3) is 0 Å². The molecule has 0 saturated carbocycles. The third-order valence-electron chi connectivity index (χ3n) is 3.96. The lowest BCUT2D eigenvalue weighted by Crippen LogP contribution is -2.50. The zero-order valence-corrected chi connectivity index (χ0v) is 13.1. The van der Waals surface area contributed by atoms with Gasteiger partial charge in [-0.1, -0.05) is 13.8 Å². The van der Waals surface area contributed by atoms with Gasteiger partial charge < -0.3 is 5.11 Å². The first-order valence-corrected chi connectivity index (χ1v) is 7.38. The Balaban J connectivity index is 1.95. The minimum Gasteiger partial charge on any atom is -0.481 e. The summed E-state index contributed by atoms with van der Waals surface area (Å²) in [5.41, 5.74) is 2.24. The summed E-state index contributed by atoms with van der Waals surface area (Å²) in [6.07, 6.45) is 0.910. The molecular weight excluding hydrogens is 310 g/mol. The second-order valence-corrected chi connectivity index (χ2v) is 6.06. The molecule has 1 unspecified atom stereocenters. The van der Waals surface area contributed by atoms with Crippen LogP contribution in [-0.2, 0) is 24.8 Å². The molecule has 1 aromatic rings. The van der Waals surface area contributed by atoms with Crippen molar-refractivity contribution < 1.29 is 9.90 Å². The van der Waals surface area contributed by atoms with Crippen molar-refractivity contribution in [1.82, 2.24) is 14.7 Å². The molecule has 1 saturated heterocycles. The predicted octanol–water partition coefficient (Wildman–Crippen LogP) is 1.90. The van der Waals surface area contributed by atoms with E-state index in [0.717, 1.165) is 36.2 Å². The number of carboxylic acids is 1. The summed E-state index contributed by atoms with van der Waals surface area (Å²) < 4.78 is 3.00. The molecule has 1 fully saturated rings. The molecule has 0 radical (unpaired) electrons. The SMILES string of the molecule is CCc1nn(C)c(CN2CC(C(C)C(=O)O)C2)c1Br. The molecule has 1 aliphatic rings. The van der Waals surface area contributed by atoms with Gasteiger partial charge in [-0.15, -0.1) is 0 Å². The Morgan fingerprint density at radius 3 is 2.68 bits per heavy atom. The number of hydrogen-bond donors (Lipinski definition) is 1. The Morgan fingerprint density at radius 1 is 1.58 bits per heavy atom. The molecule has 2 heterocycles. The van der Waals surface area contributed by atoms with Gasteiger partial charge in [0.1, 0.15) is 0 Å². The van der Waals surface area contributed by atoms with Gasteiger partial charge in [-0.05, 0) is 28.3 Å². The largest absolute Gasteiger partial charge is 0.481 e. The van der Waals surface area contributed by atoms with Crippen molar-refractivity contribution in [3.8, 4) is 0 Å². The molecule has 1 atom stereocenters. The highest BCUT2D eigenvalue weighted by atomic mass is 79.9. The van der Waals surface area contributed by atoms with Gasteiger partial charge in [-0.3, -0.25) is 14.4 Å². The number of carbonyl (C=O) groups is 1. The summed E-state index contributed by atoms with van der Waals surface area (Å²) >= 11 is 3.61. The number of rotatable bonds is 5. The van der Waals surface area contributed by atoms with E-state index < -0.39 is 5.97 Å². The van der Waals surface area contributed by atoms with Crippen LogP contribution >= 0.6 is 15.9 Å². The number of aromatic nitrogens is 2. The smallest absolute Gasteiger partial charge is 0.306 e. The Bertz CT molecular complexity index is 480. The Kier molecular flexibility index (Phi) is 4.30. The van der Waals surface area contributed by atoms with Gasteiger partial charge in [-0.2, -0.15) is 5.10 Å². The molecule has 6 heteroatoms. The van der Waals surface area contributed by atoms with Crippen LogP contribution in [0.3, 0.4) is 0 Å². The number of carboxylic acid groups (broad SMARTS) is 1. The zero-order chi connectivity index (χ0) is 14.2. The van der Waals surface area contributed by atoms with Crippen LogP contribution in [0, 0.1) is 11.8 Å². The summed E-state index contributed by atoms with van der Waals surface area (Å²) in [5.74, 6) is -0.674. The van der Waals surface area contributed by atoms with Crippen molar-refractivity contribution in [3.05, 3.63) is 15.9 Å². The minimum absolute atomic E-state index is 0.252. The van der Waals surface area contributed by atoms with Gasteiger partial charge in [0.25, 0.3) is 0 Å². The predicted molar refractivity (Wildman–Crippen MR) is 75.9 cm³/mol. The van der Waals surface area contributed by atoms with Gasteiger partial charge in [0, 0.05) is 26.7 Å². The molecule has 0 aliphatic carbocycles. The van der Waals surface area contributed by atoms with E-state index in [9.17, 15) is 4.79 Å². The van der Waals surface area contributed by atoms with Gasteiger partial charge in [0.2, 0.25) is 0 Å². The van der Waals surface area contributed by atoms with Crippen LogP contribution in [0.1, 0.15) is 25.2 Å². The molecule has 1 N–H and O–H groups in total. The van der Waals surface area contributed by atoms with E-state index >= 15 is 0 Å². The second kappa shape index (κ2) is 5.63. The number of hydrogen-bond acceptors (Lipinski definition) is 3. The van der Waals surface area contributed by atoms with Crippen LogP contribution < -0.4 is 0 Å². The topological polar surface area (TPSA) is 58.4 Å². The van der Waals surface area contributed by atoms with Crippen LogP contribution in [0.15, 0.2) is 4.47 Å². The van der Waals surface area contributed by atoms with Crippen LogP contribution in [0.5, 0.6) is 0 Å². The quantitative estimate of drug-likeness (QED) is 0.896.